The number of aromatic nitrogens is 2. The summed E-state index contributed by atoms with van der Waals surface area (Å²) in [6.45, 7) is 0. The van der Waals surface area contributed by atoms with Crippen LogP contribution in [-0.2, 0) is 15.6 Å². The largest absolute Gasteiger partial charge is 0.311 e. The van der Waals surface area contributed by atoms with Crippen LogP contribution in [0.5, 0.6) is 0 Å². The number of amides is 1. The monoisotopic (exact) mass is 401 g/mol. The summed E-state index contributed by atoms with van der Waals surface area (Å²) in [4.78, 5) is 14.2. The van der Waals surface area contributed by atoms with E-state index in [1.807, 2.05) is 6.07 Å². The third kappa shape index (κ3) is 4.32. The van der Waals surface area contributed by atoms with Gasteiger partial charge in [-0.05, 0) is 23.8 Å². The second-order valence-corrected chi connectivity index (χ2v) is 8.13. The van der Waals surface area contributed by atoms with Crippen LogP contribution in [0.2, 0.25) is 5.15 Å². The second kappa shape index (κ2) is 7.85. The number of carbonyl (C=O) groups excluding carboxylic acids is 1. The molecule has 0 aliphatic heterocycles. The zero-order valence-electron chi connectivity index (χ0n) is 14.4. The van der Waals surface area contributed by atoms with E-state index in [-0.39, 0.29) is 21.5 Å². The molecule has 138 valence electrons. The summed E-state index contributed by atoms with van der Waals surface area (Å²) in [6.07, 6.45) is 0. The predicted octanol–water partition coefficient (Wildman–Crippen LogP) is 3.38. The average molecular weight is 402 g/mol. The van der Waals surface area contributed by atoms with E-state index in [1.165, 1.54) is 11.0 Å². The van der Waals surface area contributed by atoms with Crippen molar-refractivity contribution in [2.75, 3.05) is 11.9 Å². The number of halogens is 1. The summed E-state index contributed by atoms with van der Waals surface area (Å²) < 4.78 is 25.3. The Labute approximate surface area is 162 Å². The Morgan fingerprint density at radius 2 is 1.59 bits per heavy atom. The van der Waals surface area contributed by atoms with Gasteiger partial charge < -0.3 is 4.90 Å². The summed E-state index contributed by atoms with van der Waals surface area (Å²) in [7, 11) is -2.20. The van der Waals surface area contributed by atoms with E-state index >= 15 is 0 Å². The molecule has 1 heterocycles. The predicted molar refractivity (Wildman–Crippen MR) is 104 cm³/mol. The number of rotatable bonds is 5. The highest BCUT2D eigenvalue weighted by Gasteiger charge is 2.24. The molecule has 0 saturated heterocycles. The van der Waals surface area contributed by atoms with E-state index in [2.05, 4.69) is 10.2 Å². The minimum Gasteiger partial charge on any atom is -0.311 e. The van der Waals surface area contributed by atoms with Gasteiger partial charge in [-0.1, -0.05) is 60.1 Å². The average Bonchev–Trinajstić information content (AvgIpc) is 2.68. The highest BCUT2D eigenvalue weighted by atomic mass is 35.5. The van der Waals surface area contributed by atoms with Gasteiger partial charge in [0.25, 0.3) is 5.91 Å². The first-order valence-electron chi connectivity index (χ1n) is 8.01. The molecule has 6 nitrogen and oxygen atoms in total. The maximum Gasteiger partial charge on any atom is 0.261 e. The van der Waals surface area contributed by atoms with Crippen molar-refractivity contribution in [2.45, 2.75) is 10.8 Å². The minimum atomic E-state index is -3.78. The lowest BCUT2D eigenvalue weighted by atomic mass is 10.2. The van der Waals surface area contributed by atoms with E-state index in [1.54, 1.807) is 61.6 Å². The molecule has 3 rings (SSSR count). The molecule has 1 amide bonds. The van der Waals surface area contributed by atoms with Crippen molar-refractivity contribution in [3.8, 4) is 0 Å². The Bertz CT molecular complexity index is 1060. The van der Waals surface area contributed by atoms with Gasteiger partial charge in [-0.2, -0.15) is 0 Å². The molecule has 0 aliphatic carbocycles. The van der Waals surface area contributed by atoms with Crippen molar-refractivity contribution in [3.63, 3.8) is 0 Å². The molecular weight excluding hydrogens is 386 g/mol. The molecule has 0 N–H and O–H groups in total. The number of carbonyl (C=O) groups is 1. The lowest BCUT2D eigenvalue weighted by molar-refractivity contribution is 0.0992. The summed E-state index contributed by atoms with van der Waals surface area (Å²) >= 11 is 6.02. The standard InChI is InChI=1S/C19H16ClN3O3S/c1-23(15-10-6-3-7-11-15)19(24)16-12-17(21-22-18(16)20)27(25,26)13-14-8-4-2-5-9-14/h2-12H,13H2,1H3. The van der Waals surface area contributed by atoms with Crippen LogP contribution in [0.4, 0.5) is 5.69 Å². The molecule has 3 aromatic rings. The first kappa shape index (κ1) is 19.0. The number of benzene rings is 2. The highest BCUT2D eigenvalue weighted by Crippen LogP contribution is 2.22. The maximum absolute atomic E-state index is 12.8. The van der Waals surface area contributed by atoms with E-state index in [0.29, 0.717) is 11.3 Å². The van der Waals surface area contributed by atoms with Crippen molar-refractivity contribution >= 4 is 33.0 Å². The molecular formula is C19H16ClN3O3S. The zero-order chi connectivity index (χ0) is 19.4. The van der Waals surface area contributed by atoms with Crippen LogP contribution in [0.15, 0.2) is 71.8 Å². The number of nitrogens with zero attached hydrogens (tertiary/aromatic N) is 3. The van der Waals surface area contributed by atoms with Crippen LogP contribution < -0.4 is 4.90 Å². The lowest BCUT2D eigenvalue weighted by Gasteiger charge is -2.17. The normalized spacial score (nSPS) is 11.2. The maximum atomic E-state index is 12.8. The van der Waals surface area contributed by atoms with Gasteiger partial charge in [0.2, 0.25) is 9.84 Å². The van der Waals surface area contributed by atoms with Crippen LogP contribution in [0.3, 0.4) is 0 Å². The number of sulfone groups is 1. The smallest absolute Gasteiger partial charge is 0.261 e. The van der Waals surface area contributed by atoms with Crippen LogP contribution >= 0.6 is 11.6 Å². The Morgan fingerprint density at radius 3 is 2.22 bits per heavy atom. The SMILES string of the molecule is CN(C(=O)c1cc(S(=O)(=O)Cc2ccccc2)nnc1Cl)c1ccccc1. The molecule has 0 fully saturated rings. The van der Waals surface area contributed by atoms with Crippen LogP contribution in [-0.4, -0.2) is 31.6 Å². The van der Waals surface area contributed by atoms with Gasteiger partial charge in [0.1, 0.15) is 0 Å². The number of para-hydroxylation sites is 1. The van der Waals surface area contributed by atoms with Crippen molar-refractivity contribution in [1.29, 1.82) is 0 Å². The molecule has 1 aromatic heterocycles. The lowest BCUT2D eigenvalue weighted by Crippen LogP contribution is -2.27. The fourth-order valence-electron chi connectivity index (χ4n) is 2.48. The van der Waals surface area contributed by atoms with Crippen molar-refractivity contribution in [3.05, 3.63) is 83.0 Å². The van der Waals surface area contributed by atoms with Gasteiger partial charge in [0, 0.05) is 12.7 Å². The summed E-state index contributed by atoms with van der Waals surface area (Å²) in [6, 6.07) is 18.8. The minimum absolute atomic E-state index is 0.0235. The molecule has 0 spiro atoms. The first-order valence-corrected chi connectivity index (χ1v) is 10.0. The van der Waals surface area contributed by atoms with Gasteiger partial charge in [-0.3, -0.25) is 4.79 Å². The summed E-state index contributed by atoms with van der Waals surface area (Å²) in [5, 5.41) is 6.91. The van der Waals surface area contributed by atoms with Gasteiger partial charge in [0.15, 0.2) is 10.2 Å². The molecule has 0 atom stereocenters. The molecule has 2 aromatic carbocycles. The van der Waals surface area contributed by atoms with Crippen LogP contribution in [0, 0.1) is 0 Å². The third-order valence-corrected chi connectivity index (χ3v) is 5.75. The van der Waals surface area contributed by atoms with Crippen LogP contribution in [0.25, 0.3) is 0 Å². The van der Waals surface area contributed by atoms with E-state index in [0.717, 1.165) is 0 Å². The van der Waals surface area contributed by atoms with Crippen molar-refractivity contribution < 1.29 is 13.2 Å². The Hall–Kier alpha value is -2.77. The van der Waals surface area contributed by atoms with Gasteiger partial charge >= 0.3 is 0 Å². The quantitative estimate of drug-likeness (QED) is 0.654. The molecule has 0 bridgehead atoms. The zero-order valence-corrected chi connectivity index (χ0v) is 16.0. The van der Waals surface area contributed by atoms with Crippen molar-refractivity contribution in [2.24, 2.45) is 0 Å². The van der Waals surface area contributed by atoms with Crippen molar-refractivity contribution in [1.82, 2.24) is 10.2 Å². The molecule has 0 saturated carbocycles. The molecule has 8 heteroatoms. The second-order valence-electron chi connectivity index (χ2n) is 5.83. The Kier molecular flexibility index (Phi) is 5.53. The van der Waals surface area contributed by atoms with Gasteiger partial charge in [-0.25, -0.2) is 8.42 Å². The first-order chi connectivity index (χ1) is 12.9. The van der Waals surface area contributed by atoms with E-state index in [9.17, 15) is 13.2 Å². The number of hydrogen-bond donors (Lipinski definition) is 0. The third-order valence-electron chi connectivity index (χ3n) is 3.92. The molecule has 0 unspecified atom stereocenters. The molecule has 0 aliphatic rings. The molecule has 0 radical (unpaired) electrons. The van der Waals surface area contributed by atoms with Gasteiger partial charge in [-0.15, -0.1) is 10.2 Å². The fourth-order valence-corrected chi connectivity index (χ4v) is 3.89. The van der Waals surface area contributed by atoms with Gasteiger partial charge in [0.05, 0.1) is 11.3 Å². The number of anilines is 1. The van der Waals surface area contributed by atoms with E-state index in [4.69, 9.17) is 11.6 Å². The Balaban J connectivity index is 1.93. The van der Waals surface area contributed by atoms with Crippen LogP contribution in [0.1, 0.15) is 15.9 Å². The van der Waals surface area contributed by atoms with E-state index < -0.39 is 15.7 Å². The summed E-state index contributed by atoms with van der Waals surface area (Å²) in [5.41, 5.74) is 1.23. The topological polar surface area (TPSA) is 80.2 Å². The fraction of sp³-hybridized carbons (Fsp3) is 0.105. The number of hydrogen-bond acceptors (Lipinski definition) is 5. The highest BCUT2D eigenvalue weighted by molar-refractivity contribution is 7.90. The molecule has 27 heavy (non-hydrogen) atoms. The summed E-state index contributed by atoms with van der Waals surface area (Å²) in [5.74, 6) is -0.719. The Morgan fingerprint density at radius 1 is 1.00 bits per heavy atom.